The summed E-state index contributed by atoms with van der Waals surface area (Å²) in [5, 5.41) is 18.7. The van der Waals surface area contributed by atoms with E-state index in [-0.39, 0.29) is 11.5 Å². The van der Waals surface area contributed by atoms with Gasteiger partial charge in [0.05, 0.1) is 17.9 Å². The van der Waals surface area contributed by atoms with Crippen molar-refractivity contribution in [2.75, 3.05) is 11.4 Å². The first-order valence-electron chi connectivity index (χ1n) is 7.45. The van der Waals surface area contributed by atoms with Crippen LogP contribution < -0.4 is 10.0 Å². The lowest BCUT2D eigenvalue weighted by molar-refractivity contribution is -0.255. The number of anilines is 1. The maximum Gasteiger partial charge on any atom is 0.279 e. The highest BCUT2D eigenvalue weighted by atomic mass is 16.4. The van der Waals surface area contributed by atoms with Crippen molar-refractivity contribution >= 4 is 29.5 Å². The van der Waals surface area contributed by atoms with Crippen molar-refractivity contribution in [3.8, 4) is 0 Å². The van der Waals surface area contributed by atoms with Crippen LogP contribution in [0, 0.1) is 0 Å². The van der Waals surface area contributed by atoms with Crippen LogP contribution in [-0.4, -0.2) is 30.3 Å². The van der Waals surface area contributed by atoms with Crippen LogP contribution in [0.1, 0.15) is 28.4 Å². The molecule has 24 heavy (non-hydrogen) atoms. The summed E-state index contributed by atoms with van der Waals surface area (Å²) in [6.07, 6.45) is 1.47. The van der Waals surface area contributed by atoms with Gasteiger partial charge in [0, 0.05) is 12.1 Å². The summed E-state index contributed by atoms with van der Waals surface area (Å²) < 4.78 is 0. The van der Waals surface area contributed by atoms with E-state index in [1.165, 1.54) is 18.3 Å². The summed E-state index contributed by atoms with van der Waals surface area (Å²) in [5.41, 5.74) is 2.66. The van der Waals surface area contributed by atoms with Crippen LogP contribution in [0.4, 0.5) is 5.69 Å². The average Bonchev–Trinajstić information content (AvgIpc) is 2.87. The Bertz CT molecular complexity index is 854. The molecule has 1 amide bonds. The Hall–Kier alpha value is -3.28. The van der Waals surface area contributed by atoms with E-state index in [4.69, 9.17) is 0 Å². The summed E-state index contributed by atoms with van der Waals surface area (Å²) in [5.74, 6) is -1.41. The highest BCUT2D eigenvalue weighted by Crippen LogP contribution is 2.28. The van der Waals surface area contributed by atoms with Gasteiger partial charge in [0.1, 0.15) is 0 Å². The molecule has 0 aromatic heterocycles. The molecule has 2 aromatic carbocycles. The minimum absolute atomic E-state index is 0.0944. The second-order valence-electron chi connectivity index (χ2n) is 5.17. The number of para-hydroxylation sites is 1. The van der Waals surface area contributed by atoms with Crippen molar-refractivity contribution in [1.82, 2.24) is 0 Å². The predicted molar refractivity (Wildman–Crippen MR) is 89.4 cm³/mol. The molecule has 0 spiro atoms. The lowest BCUT2D eigenvalue weighted by Crippen LogP contribution is -2.29. The SMILES string of the molecule is CCN1C(=O)/C(=N/N=C\c2ccc(C(=O)[O-])cc2)c2ccccc21. The zero-order chi connectivity index (χ0) is 17.1. The standard InChI is InChI=1S/C18H15N3O3/c1-2-21-15-6-4-3-5-14(15)16(17(21)22)20-19-11-12-7-9-13(10-8-12)18(23)24/h3-11H,2H2,1H3,(H,23,24)/p-1/b19-11-,20-16+. The van der Waals surface area contributed by atoms with Crippen LogP contribution in [-0.2, 0) is 4.79 Å². The van der Waals surface area contributed by atoms with Gasteiger partial charge in [-0.25, -0.2) is 0 Å². The number of carbonyl (C=O) groups excluding carboxylic acids is 2. The van der Waals surface area contributed by atoms with Crippen molar-refractivity contribution in [2.45, 2.75) is 6.92 Å². The summed E-state index contributed by atoms with van der Waals surface area (Å²) >= 11 is 0. The van der Waals surface area contributed by atoms with Crippen molar-refractivity contribution in [3.05, 3.63) is 65.2 Å². The number of rotatable bonds is 4. The van der Waals surface area contributed by atoms with Gasteiger partial charge in [0.15, 0.2) is 5.71 Å². The van der Waals surface area contributed by atoms with Crippen molar-refractivity contribution in [2.24, 2.45) is 10.2 Å². The van der Waals surface area contributed by atoms with E-state index in [2.05, 4.69) is 10.2 Å². The number of amides is 1. The fourth-order valence-corrected chi connectivity index (χ4v) is 2.53. The number of carboxylic acids is 1. The van der Waals surface area contributed by atoms with Gasteiger partial charge in [0.2, 0.25) is 0 Å². The predicted octanol–water partition coefficient (Wildman–Crippen LogP) is 1.24. The van der Waals surface area contributed by atoms with E-state index in [0.717, 1.165) is 11.3 Å². The lowest BCUT2D eigenvalue weighted by atomic mass is 10.1. The van der Waals surface area contributed by atoms with E-state index in [1.54, 1.807) is 17.0 Å². The summed E-state index contributed by atoms with van der Waals surface area (Å²) in [7, 11) is 0. The van der Waals surface area contributed by atoms with Crippen molar-refractivity contribution in [1.29, 1.82) is 0 Å². The molecule has 0 saturated carbocycles. The van der Waals surface area contributed by atoms with Gasteiger partial charge < -0.3 is 14.8 Å². The second-order valence-corrected chi connectivity index (χ2v) is 5.17. The lowest BCUT2D eigenvalue weighted by Gasteiger charge is -2.12. The summed E-state index contributed by atoms with van der Waals surface area (Å²) in [4.78, 5) is 24.8. The minimum Gasteiger partial charge on any atom is -0.545 e. The van der Waals surface area contributed by atoms with Gasteiger partial charge in [-0.3, -0.25) is 4.79 Å². The first kappa shape index (κ1) is 15.6. The van der Waals surface area contributed by atoms with Crippen LogP contribution >= 0.6 is 0 Å². The number of aromatic carboxylic acids is 1. The molecule has 0 aliphatic carbocycles. The van der Waals surface area contributed by atoms with Crippen LogP contribution in [0.2, 0.25) is 0 Å². The molecule has 1 heterocycles. The van der Waals surface area contributed by atoms with Crippen LogP contribution in [0.15, 0.2) is 58.7 Å². The Labute approximate surface area is 138 Å². The first-order chi connectivity index (χ1) is 11.6. The Kier molecular flexibility index (Phi) is 4.20. The number of benzene rings is 2. The third-order valence-electron chi connectivity index (χ3n) is 3.72. The molecule has 2 aromatic rings. The minimum atomic E-state index is -1.23. The van der Waals surface area contributed by atoms with Crippen molar-refractivity contribution < 1.29 is 14.7 Å². The largest absolute Gasteiger partial charge is 0.545 e. The summed E-state index contributed by atoms with van der Waals surface area (Å²) in [6, 6.07) is 13.5. The molecule has 1 aliphatic rings. The van der Waals surface area contributed by atoms with E-state index in [0.29, 0.717) is 17.8 Å². The number of hydrogen-bond donors (Lipinski definition) is 0. The molecule has 0 bridgehead atoms. The zero-order valence-corrected chi connectivity index (χ0v) is 13.0. The molecule has 0 atom stereocenters. The molecule has 0 fully saturated rings. The number of carboxylic acid groups (broad SMARTS) is 1. The first-order valence-corrected chi connectivity index (χ1v) is 7.45. The van der Waals surface area contributed by atoms with E-state index in [1.807, 2.05) is 31.2 Å². The highest BCUT2D eigenvalue weighted by molar-refractivity contribution is 6.54. The number of carbonyl (C=O) groups is 2. The normalized spacial score (nSPS) is 15.3. The van der Waals surface area contributed by atoms with Crippen LogP contribution in [0.3, 0.4) is 0 Å². The van der Waals surface area contributed by atoms with Gasteiger partial charge in [-0.2, -0.15) is 5.10 Å². The molecular formula is C18H14N3O3-. The molecule has 3 rings (SSSR count). The molecule has 6 heteroatoms. The Morgan fingerprint density at radius 2 is 1.88 bits per heavy atom. The molecule has 0 N–H and O–H groups in total. The van der Waals surface area contributed by atoms with Gasteiger partial charge in [-0.1, -0.05) is 42.5 Å². The molecule has 1 aliphatic heterocycles. The van der Waals surface area contributed by atoms with Crippen molar-refractivity contribution in [3.63, 3.8) is 0 Å². The second kappa shape index (κ2) is 6.45. The number of nitrogens with zero attached hydrogens (tertiary/aromatic N) is 3. The van der Waals surface area contributed by atoms with Gasteiger partial charge in [0.25, 0.3) is 5.91 Å². The van der Waals surface area contributed by atoms with E-state index < -0.39 is 5.97 Å². The molecule has 120 valence electrons. The Morgan fingerprint density at radius 3 is 2.54 bits per heavy atom. The molecule has 0 radical (unpaired) electrons. The smallest absolute Gasteiger partial charge is 0.279 e. The fraction of sp³-hybridized carbons (Fsp3) is 0.111. The molecular weight excluding hydrogens is 306 g/mol. The number of hydrogen-bond acceptors (Lipinski definition) is 5. The van der Waals surface area contributed by atoms with E-state index >= 15 is 0 Å². The van der Waals surface area contributed by atoms with Gasteiger partial charge >= 0.3 is 0 Å². The number of likely N-dealkylation sites (N-methyl/N-ethyl adjacent to an activating group) is 1. The van der Waals surface area contributed by atoms with Gasteiger partial charge in [-0.15, -0.1) is 5.10 Å². The molecule has 0 saturated heterocycles. The Morgan fingerprint density at radius 1 is 1.17 bits per heavy atom. The maximum atomic E-state index is 12.4. The molecule has 0 unspecified atom stereocenters. The zero-order valence-electron chi connectivity index (χ0n) is 13.0. The van der Waals surface area contributed by atoms with E-state index in [9.17, 15) is 14.7 Å². The Balaban J connectivity index is 1.86. The summed E-state index contributed by atoms with van der Waals surface area (Å²) in [6.45, 7) is 2.46. The van der Waals surface area contributed by atoms with Gasteiger partial charge in [-0.05, 0) is 24.1 Å². The average molecular weight is 320 g/mol. The van der Waals surface area contributed by atoms with Crippen LogP contribution in [0.5, 0.6) is 0 Å². The molecule has 6 nitrogen and oxygen atoms in total. The number of fused-ring (bicyclic) bond motifs is 1. The maximum absolute atomic E-state index is 12.4. The topological polar surface area (TPSA) is 85.2 Å². The van der Waals surface area contributed by atoms with Crippen LogP contribution in [0.25, 0.3) is 0 Å². The third kappa shape index (κ3) is 2.81. The quantitative estimate of drug-likeness (QED) is 0.627. The third-order valence-corrected chi connectivity index (χ3v) is 3.72. The highest BCUT2D eigenvalue weighted by Gasteiger charge is 2.32. The fourth-order valence-electron chi connectivity index (χ4n) is 2.53. The monoisotopic (exact) mass is 320 g/mol.